The van der Waals surface area contributed by atoms with Gasteiger partial charge >= 0.3 is 0 Å². The largest absolute Gasteiger partial charge is 0.356 e. The van der Waals surface area contributed by atoms with Gasteiger partial charge in [0.15, 0.2) is 5.96 Å². The van der Waals surface area contributed by atoms with Crippen LogP contribution in [0.4, 0.5) is 0 Å². The predicted molar refractivity (Wildman–Crippen MR) is 101 cm³/mol. The van der Waals surface area contributed by atoms with Crippen molar-refractivity contribution in [1.82, 2.24) is 25.3 Å². The van der Waals surface area contributed by atoms with Crippen molar-refractivity contribution in [2.45, 2.75) is 12.8 Å². The van der Waals surface area contributed by atoms with E-state index in [9.17, 15) is 9.59 Å². The molecule has 0 aromatic carbocycles. The number of aromatic nitrogens is 2. The zero-order valence-corrected chi connectivity index (χ0v) is 15.8. The van der Waals surface area contributed by atoms with Crippen LogP contribution in [0, 0.1) is 23.7 Å². The fraction of sp³-hybridized carbons (Fsp3) is 0.579. The Morgan fingerprint density at radius 3 is 2.44 bits per heavy atom. The Labute approximate surface area is 158 Å². The van der Waals surface area contributed by atoms with Gasteiger partial charge in [-0.1, -0.05) is 12.2 Å². The minimum atomic E-state index is -0.121. The fourth-order valence-corrected chi connectivity index (χ4v) is 4.62. The Bertz CT molecular complexity index is 768. The van der Waals surface area contributed by atoms with Crippen molar-refractivity contribution < 1.29 is 9.59 Å². The first-order valence-corrected chi connectivity index (χ1v) is 9.54. The molecule has 1 aromatic rings. The summed E-state index contributed by atoms with van der Waals surface area (Å²) in [7, 11) is 3.60. The predicted octanol–water partition coefficient (Wildman–Crippen LogP) is -0.0653. The van der Waals surface area contributed by atoms with Crippen LogP contribution >= 0.6 is 0 Å². The zero-order valence-electron chi connectivity index (χ0n) is 15.8. The van der Waals surface area contributed by atoms with Crippen LogP contribution in [0.2, 0.25) is 0 Å². The SMILES string of the molecule is CN=C(NCCc1cnn(C)c1)NCCN1C(=O)C2C3C=CC(C3)C2C1=O. The van der Waals surface area contributed by atoms with Gasteiger partial charge < -0.3 is 10.6 Å². The number of nitrogens with zero attached hydrogens (tertiary/aromatic N) is 4. The van der Waals surface area contributed by atoms with Gasteiger partial charge in [-0.05, 0) is 30.2 Å². The molecular formula is C19H26N6O2. The molecule has 1 saturated carbocycles. The normalized spacial score (nSPS) is 29.0. The summed E-state index contributed by atoms with van der Waals surface area (Å²) in [6, 6.07) is 0. The van der Waals surface area contributed by atoms with E-state index in [0.29, 0.717) is 19.0 Å². The Hall–Kier alpha value is -2.64. The van der Waals surface area contributed by atoms with Crippen molar-refractivity contribution in [2.24, 2.45) is 35.7 Å². The molecule has 4 atom stereocenters. The van der Waals surface area contributed by atoms with Crippen molar-refractivity contribution in [3.8, 4) is 0 Å². The van der Waals surface area contributed by atoms with Crippen molar-refractivity contribution in [2.75, 3.05) is 26.7 Å². The van der Waals surface area contributed by atoms with Gasteiger partial charge in [0.2, 0.25) is 11.8 Å². The lowest BCUT2D eigenvalue weighted by atomic mass is 9.85. The van der Waals surface area contributed by atoms with Crippen molar-refractivity contribution in [3.63, 3.8) is 0 Å². The minimum absolute atomic E-state index is 0.00294. The Morgan fingerprint density at radius 1 is 1.19 bits per heavy atom. The minimum Gasteiger partial charge on any atom is -0.356 e. The van der Waals surface area contributed by atoms with Crippen LogP contribution in [0.25, 0.3) is 0 Å². The van der Waals surface area contributed by atoms with E-state index < -0.39 is 0 Å². The van der Waals surface area contributed by atoms with Crippen LogP contribution in [0.15, 0.2) is 29.5 Å². The summed E-state index contributed by atoms with van der Waals surface area (Å²) in [5, 5.41) is 10.6. The van der Waals surface area contributed by atoms with Gasteiger partial charge in [0.1, 0.15) is 0 Å². The molecule has 8 nitrogen and oxygen atoms in total. The lowest BCUT2D eigenvalue weighted by Gasteiger charge is -2.18. The molecule has 4 rings (SSSR count). The summed E-state index contributed by atoms with van der Waals surface area (Å²) in [6.45, 7) is 1.60. The number of likely N-dealkylation sites (tertiary alicyclic amines) is 1. The number of imide groups is 1. The smallest absolute Gasteiger partial charge is 0.233 e. The van der Waals surface area contributed by atoms with Crippen LogP contribution in [0.1, 0.15) is 12.0 Å². The number of rotatable bonds is 6. The molecule has 3 aliphatic rings. The molecule has 2 fully saturated rings. The number of allylic oxidation sites excluding steroid dienone is 2. The van der Waals surface area contributed by atoms with Crippen LogP contribution in [-0.2, 0) is 23.1 Å². The highest BCUT2D eigenvalue weighted by atomic mass is 16.2. The van der Waals surface area contributed by atoms with Crippen LogP contribution in [0.3, 0.4) is 0 Å². The maximum absolute atomic E-state index is 12.7. The highest BCUT2D eigenvalue weighted by Crippen LogP contribution is 2.52. The van der Waals surface area contributed by atoms with Gasteiger partial charge in [-0.3, -0.25) is 24.2 Å². The van der Waals surface area contributed by atoms with Gasteiger partial charge in [0, 0.05) is 39.9 Å². The number of fused-ring (bicyclic) bond motifs is 5. The van der Waals surface area contributed by atoms with Gasteiger partial charge in [0.25, 0.3) is 0 Å². The van der Waals surface area contributed by atoms with Crippen molar-refractivity contribution in [1.29, 1.82) is 0 Å². The summed E-state index contributed by atoms with van der Waals surface area (Å²) < 4.78 is 1.78. The third kappa shape index (κ3) is 3.24. The monoisotopic (exact) mass is 370 g/mol. The maximum atomic E-state index is 12.7. The maximum Gasteiger partial charge on any atom is 0.233 e. The molecule has 0 radical (unpaired) electrons. The van der Waals surface area contributed by atoms with Gasteiger partial charge in [-0.25, -0.2) is 0 Å². The first-order valence-electron chi connectivity index (χ1n) is 9.54. The molecule has 2 aliphatic carbocycles. The molecule has 2 heterocycles. The topological polar surface area (TPSA) is 91.6 Å². The molecule has 1 saturated heterocycles. The van der Waals surface area contributed by atoms with Crippen LogP contribution < -0.4 is 10.6 Å². The van der Waals surface area contributed by atoms with Crippen molar-refractivity contribution >= 4 is 17.8 Å². The molecule has 27 heavy (non-hydrogen) atoms. The zero-order chi connectivity index (χ0) is 19.0. The number of aliphatic imine (C=N–C) groups is 1. The quantitative estimate of drug-likeness (QED) is 0.317. The van der Waals surface area contributed by atoms with E-state index >= 15 is 0 Å². The highest BCUT2D eigenvalue weighted by molar-refractivity contribution is 6.06. The molecule has 2 N–H and O–H groups in total. The summed E-state index contributed by atoms with van der Waals surface area (Å²) >= 11 is 0. The number of guanidine groups is 1. The molecule has 8 heteroatoms. The van der Waals surface area contributed by atoms with Gasteiger partial charge in [-0.15, -0.1) is 0 Å². The van der Waals surface area contributed by atoms with E-state index in [2.05, 4.69) is 32.9 Å². The molecule has 1 aromatic heterocycles. The molecule has 1 aliphatic heterocycles. The van der Waals surface area contributed by atoms with E-state index in [1.165, 1.54) is 4.90 Å². The summed E-state index contributed by atoms with van der Waals surface area (Å²) in [5.41, 5.74) is 1.16. The van der Waals surface area contributed by atoms with E-state index in [1.54, 1.807) is 11.7 Å². The van der Waals surface area contributed by atoms with E-state index in [0.717, 1.165) is 24.9 Å². The summed E-state index contributed by atoms with van der Waals surface area (Å²) in [5.74, 6) is 0.952. The Balaban J connectivity index is 1.23. The molecule has 2 amide bonds. The number of carbonyl (C=O) groups is 2. The lowest BCUT2D eigenvalue weighted by molar-refractivity contribution is -0.140. The molecule has 2 bridgehead atoms. The average molecular weight is 370 g/mol. The van der Waals surface area contributed by atoms with Crippen molar-refractivity contribution in [3.05, 3.63) is 30.1 Å². The number of hydrogen-bond acceptors (Lipinski definition) is 4. The second kappa shape index (κ2) is 7.17. The third-order valence-corrected chi connectivity index (χ3v) is 5.88. The summed E-state index contributed by atoms with van der Waals surface area (Å²) in [6.07, 6.45) is 9.88. The number of nitrogens with one attached hydrogen (secondary N) is 2. The molecule has 0 spiro atoms. The fourth-order valence-electron chi connectivity index (χ4n) is 4.62. The average Bonchev–Trinajstić information content (AvgIpc) is 3.41. The van der Waals surface area contributed by atoms with Gasteiger partial charge in [0.05, 0.1) is 18.0 Å². The van der Waals surface area contributed by atoms with E-state index in [1.807, 2.05) is 19.4 Å². The van der Waals surface area contributed by atoms with Crippen LogP contribution in [0.5, 0.6) is 0 Å². The third-order valence-electron chi connectivity index (χ3n) is 5.88. The van der Waals surface area contributed by atoms with Gasteiger partial charge in [-0.2, -0.15) is 5.10 Å². The number of amides is 2. The molecular weight excluding hydrogens is 344 g/mol. The first kappa shape index (κ1) is 17.8. The molecule has 144 valence electrons. The molecule has 4 unspecified atom stereocenters. The second-order valence-electron chi connectivity index (χ2n) is 7.53. The lowest BCUT2D eigenvalue weighted by Crippen LogP contribution is -2.44. The number of hydrogen-bond donors (Lipinski definition) is 2. The second-order valence-corrected chi connectivity index (χ2v) is 7.53. The van der Waals surface area contributed by atoms with Crippen LogP contribution in [-0.4, -0.2) is 59.1 Å². The van der Waals surface area contributed by atoms with E-state index in [4.69, 9.17) is 0 Å². The Kier molecular flexibility index (Phi) is 4.72. The number of aryl methyl sites for hydroxylation is 1. The number of carbonyl (C=O) groups excluding carboxylic acids is 2. The van der Waals surface area contributed by atoms with E-state index in [-0.39, 0.29) is 35.5 Å². The summed E-state index contributed by atoms with van der Waals surface area (Å²) in [4.78, 5) is 30.9. The highest BCUT2D eigenvalue weighted by Gasteiger charge is 2.58. The first-order chi connectivity index (χ1) is 13.1. The standard InChI is InChI=1S/C19H26N6O2/c1-20-19(21-6-5-12-10-23-24(2)11-12)22-7-8-25-17(26)15-13-3-4-14(9-13)16(15)18(25)27/h3-4,10-11,13-16H,5-9H2,1-2H3,(H2,20,21,22). The Morgan fingerprint density at radius 2 is 1.85 bits per heavy atom.